The van der Waals surface area contributed by atoms with Gasteiger partial charge in [-0.15, -0.1) is 0 Å². The Kier molecular flexibility index (Phi) is 10.7. The van der Waals surface area contributed by atoms with Crippen molar-refractivity contribution in [3.8, 4) is 0 Å². The molecule has 4 nitrogen and oxygen atoms in total. The number of methoxy groups -OCH3 is 2. The highest BCUT2D eigenvalue weighted by Gasteiger charge is 1.94. The second kappa shape index (κ2) is 10.8. The standard InChI is InChI=1S/C4H8O2.C4H10O2/c1-2-5-4-6-3-1;1-5-3-4-6-2/h1-4H2;3-4H2,1-2H3. The molecule has 0 atom stereocenters. The highest BCUT2D eigenvalue weighted by molar-refractivity contribution is 4.34. The molecule has 0 N–H and O–H groups in total. The maximum atomic E-state index is 4.85. The van der Waals surface area contributed by atoms with Crippen molar-refractivity contribution in [1.82, 2.24) is 0 Å². The summed E-state index contributed by atoms with van der Waals surface area (Å²) in [4.78, 5) is 0. The smallest absolute Gasteiger partial charge is 0.146 e. The molecule has 0 amide bonds. The van der Waals surface area contributed by atoms with Gasteiger partial charge in [-0.25, -0.2) is 0 Å². The lowest BCUT2D eigenvalue weighted by atomic mass is 10.5. The zero-order valence-corrected chi connectivity index (χ0v) is 7.88. The highest BCUT2D eigenvalue weighted by atomic mass is 16.7. The topological polar surface area (TPSA) is 36.9 Å². The molecule has 0 spiro atoms. The molecule has 1 fully saturated rings. The minimum Gasteiger partial charge on any atom is -0.382 e. The van der Waals surface area contributed by atoms with E-state index in [1.54, 1.807) is 14.2 Å². The Morgan fingerprint density at radius 1 is 1.00 bits per heavy atom. The molecule has 0 unspecified atom stereocenters. The monoisotopic (exact) mass is 178 g/mol. The number of ether oxygens (including phenoxy) is 4. The molecule has 1 aliphatic heterocycles. The molecule has 1 aliphatic rings. The predicted octanol–water partition coefficient (Wildman–Crippen LogP) is 0.660. The lowest BCUT2D eigenvalue weighted by Crippen LogP contribution is -2.11. The molecule has 1 rings (SSSR count). The SMILES string of the molecule is C1COCOC1.COCCOC. The van der Waals surface area contributed by atoms with Crippen molar-refractivity contribution in [2.75, 3.05) is 47.4 Å². The highest BCUT2D eigenvalue weighted by Crippen LogP contribution is 1.91. The summed E-state index contributed by atoms with van der Waals surface area (Å²) in [6.45, 7) is 3.63. The summed E-state index contributed by atoms with van der Waals surface area (Å²) in [6, 6.07) is 0. The Morgan fingerprint density at radius 2 is 1.50 bits per heavy atom. The maximum Gasteiger partial charge on any atom is 0.146 e. The zero-order valence-electron chi connectivity index (χ0n) is 7.88. The van der Waals surface area contributed by atoms with Crippen molar-refractivity contribution in [1.29, 1.82) is 0 Å². The largest absolute Gasteiger partial charge is 0.382 e. The first kappa shape index (κ1) is 11.8. The van der Waals surface area contributed by atoms with Crippen LogP contribution in [0.25, 0.3) is 0 Å². The molecular formula is C8H18O4. The summed E-state index contributed by atoms with van der Waals surface area (Å²) < 4.78 is 19.0. The molecular weight excluding hydrogens is 160 g/mol. The van der Waals surface area contributed by atoms with Gasteiger partial charge in [-0.3, -0.25) is 0 Å². The van der Waals surface area contributed by atoms with Crippen LogP contribution in [0.4, 0.5) is 0 Å². The van der Waals surface area contributed by atoms with E-state index in [-0.39, 0.29) is 0 Å². The van der Waals surface area contributed by atoms with E-state index < -0.39 is 0 Å². The molecule has 0 aliphatic carbocycles. The van der Waals surface area contributed by atoms with Crippen molar-refractivity contribution in [3.05, 3.63) is 0 Å². The average molecular weight is 178 g/mol. The van der Waals surface area contributed by atoms with Crippen molar-refractivity contribution in [3.63, 3.8) is 0 Å². The third-order valence-electron chi connectivity index (χ3n) is 1.24. The lowest BCUT2D eigenvalue weighted by molar-refractivity contribution is -0.0963. The molecule has 0 aromatic rings. The van der Waals surface area contributed by atoms with E-state index >= 15 is 0 Å². The van der Waals surface area contributed by atoms with E-state index in [1.807, 2.05) is 0 Å². The zero-order chi connectivity index (χ0) is 9.07. The van der Waals surface area contributed by atoms with Crippen LogP contribution in [0.1, 0.15) is 6.42 Å². The van der Waals surface area contributed by atoms with Crippen molar-refractivity contribution in [2.45, 2.75) is 6.42 Å². The Hall–Kier alpha value is -0.160. The summed E-state index contributed by atoms with van der Waals surface area (Å²) in [5.74, 6) is 0. The van der Waals surface area contributed by atoms with Crippen LogP contribution < -0.4 is 0 Å². The summed E-state index contributed by atoms with van der Waals surface area (Å²) in [6.07, 6.45) is 1.06. The number of rotatable bonds is 3. The van der Waals surface area contributed by atoms with Crippen molar-refractivity contribution in [2.24, 2.45) is 0 Å². The Labute approximate surface area is 73.7 Å². The molecule has 0 radical (unpaired) electrons. The van der Waals surface area contributed by atoms with E-state index in [0.29, 0.717) is 20.0 Å². The molecule has 0 aromatic carbocycles. The van der Waals surface area contributed by atoms with Gasteiger partial charge in [-0.1, -0.05) is 0 Å². The minimum absolute atomic E-state index is 0.500. The number of hydrogen-bond acceptors (Lipinski definition) is 4. The average Bonchev–Trinajstić information content (AvgIpc) is 2.18. The third-order valence-corrected chi connectivity index (χ3v) is 1.24. The second-order valence-corrected chi connectivity index (χ2v) is 2.27. The van der Waals surface area contributed by atoms with Gasteiger partial charge in [0.15, 0.2) is 0 Å². The van der Waals surface area contributed by atoms with Crippen molar-refractivity contribution < 1.29 is 18.9 Å². The van der Waals surface area contributed by atoms with Crippen LogP contribution in [0.5, 0.6) is 0 Å². The fourth-order valence-corrected chi connectivity index (χ4v) is 0.606. The van der Waals surface area contributed by atoms with Gasteiger partial charge in [0.1, 0.15) is 6.79 Å². The maximum absolute atomic E-state index is 4.85. The summed E-state index contributed by atoms with van der Waals surface area (Å²) in [7, 11) is 3.30. The normalized spacial score (nSPS) is 16.5. The van der Waals surface area contributed by atoms with Crippen LogP contribution in [-0.4, -0.2) is 47.4 Å². The molecule has 1 heterocycles. The van der Waals surface area contributed by atoms with Crippen LogP contribution in [-0.2, 0) is 18.9 Å². The van der Waals surface area contributed by atoms with Crippen LogP contribution in [0.15, 0.2) is 0 Å². The molecule has 12 heavy (non-hydrogen) atoms. The van der Waals surface area contributed by atoms with E-state index in [9.17, 15) is 0 Å². The fourth-order valence-electron chi connectivity index (χ4n) is 0.606. The molecule has 0 bridgehead atoms. The van der Waals surface area contributed by atoms with Crippen LogP contribution in [0, 0.1) is 0 Å². The first-order valence-electron chi connectivity index (χ1n) is 4.05. The van der Waals surface area contributed by atoms with Crippen LogP contribution in [0.2, 0.25) is 0 Å². The van der Waals surface area contributed by atoms with Crippen LogP contribution >= 0.6 is 0 Å². The quantitative estimate of drug-likeness (QED) is 0.595. The van der Waals surface area contributed by atoms with Crippen molar-refractivity contribution >= 4 is 0 Å². The van der Waals surface area contributed by atoms with Gasteiger partial charge < -0.3 is 18.9 Å². The van der Waals surface area contributed by atoms with Gasteiger partial charge >= 0.3 is 0 Å². The predicted molar refractivity (Wildman–Crippen MR) is 45.1 cm³/mol. The molecule has 0 saturated carbocycles. The van der Waals surface area contributed by atoms with Gasteiger partial charge in [0, 0.05) is 14.2 Å². The summed E-state index contributed by atoms with van der Waals surface area (Å²) in [5, 5.41) is 0. The minimum atomic E-state index is 0.500. The van der Waals surface area contributed by atoms with E-state index in [0.717, 1.165) is 19.6 Å². The van der Waals surface area contributed by atoms with Gasteiger partial charge in [-0.05, 0) is 6.42 Å². The lowest BCUT2D eigenvalue weighted by Gasteiger charge is -2.09. The second-order valence-electron chi connectivity index (χ2n) is 2.27. The number of hydrogen-bond donors (Lipinski definition) is 0. The molecule has 74 valence electrons. The fraction of sp³-hybridized carbons (Fsp3) is 1.00. The van der Waals surface area contributed by atoms with Gasteiger partial charge in [0.2, 0.25) is 0 Å². The first-order chi connectivity index (χ1) is 5.91. The third kappa shape index (κ3) is 9.84. The van der Waals surface area contributed by atoms with Gasteiger partial charge in [0.25, 0.3) is 0 Å². The summed E-state index contributed by atoms with van der Waals surface area (Å²) >= 11 is 0. The Balaban J connectivity index is 0.000000202. The van der Waals surface area contributed by atoms with Gasteiger partial charge in [0.05, 0.1) is 26.4 Å². The van der Waals surface area contributed by atoms with E-state index in [1.165, 1.54) is 0 Å². The Bertz CT molecular complexity index is 57.9. The van der Waals surface area contributed by atoms with Crippen LogP contribution in [0.3, 0.4) is 0 Å². The molecule has 1 saturated heterocycles. The summed E-state index contributed by atoms with van der Waals surface area (Å²) in [5.41, 5.74) is 0. The van der Waals surface area contributed by atoms with E-state index in [2.05, 4.69) is 9.47 Å². The van der Waals surface area contributed by atoms with Gasteiger partial charge in [-0.2, -0.15) is 0 Å². The van der Waals surface area contributed by atoms with E-state index in [4.69, 9.17) is 9.47 Å². The first-order valence-corrected chi connectivity index (χ1v) is 4.05. The Morgan fingerprint density at radius 3 is 1.67 bits per heavy atom. The molecule has 4 heteroatoms. The molecule has 0 aromatic heterocycles.